The van der Waals surface area contributed by atoms with Gasteiger partial charge in [-0.1, -0.05) is 30.3 Å². The standard InChI is InChI=1S/C24H32FN3O3S/c1-27-15-20-13-18(14-24(26)29)5-12-23(20)19-6-10-22(11-7-19)28(32(2,30)31)16-17-3-8-21(25)9-4-17/h3-5,8-9,12-13,19,22,27H,6-7,10-11,14-16H2,1-2H3,(H2,26,29). The van der Waals surface area contributed by atoms with Gasteiger partial charge in [-0.2, -0.15) is 4.31 Å². The number of halogens is 1. The molecule has 0 radical (unpaired) electrons. The van der Waals surface area contributed by atoms with Crippen molar-refractivity contribution in [1.82, 2.24) is 9.62 Å². The van der Waals surface area contributed by atoms with Crippen LogP contribution in [0, 0.1) is 5.82 Å². The first-order chi connectivity index (χ1) is 15.2. The zero-order chi connectivity index (χ0) is 23.3. The Bertz CT molecular complexity index is 1030. The Morgan fingerprint density at radius 1 is 1.09 bits per heavy atom. The maximum Gasteiger partial charge on any atom is 0.221 e. The van der Waals surface area contributed by atoms with Crippen molar-refractivity contribution in [3.63, 3.8) is 0 Å². The molecular weight excluding hydrogens is 429 g/mol. The monoisotopic (exact) mass is 461 g/mol. The van der Waals surface area contributed by atoms with Gasteiger partial charge >= 0.3 is 0 Å². The molecule has 8 heteroatoms. The Labute approximate surface area is 190 Å². The van der Waals surface area contributed by atoms with Crippen LogP contribution in [-0.2, 0) is 34.3 Å². The fourth-order valence-electron chi connectivity index (χ4n) is 4.67. The van der Waals surface area contributed by atoms with Gasteiger partial charge in [0.2, 0.25) is 15.9 Å². The van der Waals surface area contributed by atoms with Crippen LogP contribution in [0.25, 0.3) is 0 Å². The second-order valence-electron chi connectivity index (χ2n) is 8.65. The van der Waals surface area contributed by atoms with E-state index >= 15 is 0 Å². The summed E-state index contributed by atoms with van der Waals surface area (Å²) in [5.74, 6) is -0.348. The third-order valence-electron chi connectivity index (χ3n) is 6.17. The van der Waals surface area contributed by atoms with Crippen molar-refractivity contribution in [1.29, 1.82) is 0 Å². The number of sulfonamides is 1. The topological polar surface area (TPSA) is 92.5 Å². The third kappa shape index (κ3) is 6.37. The van der Waals surface area contributed by atoms with E-state index in [-0.39, 0.29) is 30.7 Å². The summed E-state index contributed by atoms with van der Waals surface area (Å²) in [6.45, 7) is 0.948. The Balaban J connectivity index is 1.73. The molecule has 1 fully saturated rings. The highest BCUT2D eigenvalue weighted by Gasteiger charge is 2.32. The van der Waals surface area contributed by atoms with Crippen molar-refractivity contribution in [3.05, 3.63) is 70.5 Å². The molecule has 0 aromatic heterocycles. The van der Waals surface area contributed by atoms with Crippen molar-refractivity contribution in [2.75, 3.05) is 13.3 Å². The van der Waals surface area contributed by atoms with Gasteiger partial charge in [0.1, 0.15) is 5.82 Å². The summed E-state index contributed by atoms with van der Waals surface area (Å²) in [5, 5.41) is 3.19. The highest BCUT2D eigenvalue weighted by molar-refractivity contribution is 7.88. The molecule has 174 valence electrons. The van der Waals surface area contributed by atoms with Crippen molar-refractivity contribution < 1.29 is 17.6 Å². The van der Waals surface area contributed by atoms with E-state index in [9.17, 15) is 17.6 Å². The van der Waals surface area contributed by atoms with Crippen LogP contribution < -0.4 is 11.1 Å². The molecule has 2 aromatic carbocycles. The summed E-state index contributed by atoms with van der Waals surface area (Å²) in [5.41, 5.74) is 9.43. The first kappa shape index (κ1) is 24.4. The summed E-state index contributed by atoms with van der Waals surface area (Å²) in [6.07, 6.45) is 4.75. The number of carbonyl (C=O) groups excluding carboxylic acids is 1. The average Bonchev–Trinajstić information content (AvgIpc) is 2.73. The molecule has 0 aliphatic heterocycles. The van der Waals surface area contributed by atoms with E-state index in [0.717, 1.165) is 42.4 Å². The van der Waals surface area contributed by atoms with Crippen LogP contribution in [0.1, 0.15) is 53.9 Å². The number of benzene rings is 2. The molecule has 0 atom stereocenters. The normalized spacial score (nSPS) is 19.2. The van der Waals surface area contributed by atoms with Gasteiger partial charge in [-0.25, -0.2) is 12.8 Å². The van der Waals surface area contributed by atoms with E-state index in [0.29, 0.717) is 12.5 Å². The van der Waals surface area contributed by atoms with E-state index in [1.807, 2.05) is 19.2 Å². The number of nitrogens with one attached hydrogen (secondary N) is 1. The van der Waals surface area contributed by atoms with Crippen molar-refractivity contribution in [3.8, 4) is 0 Å². The van der Waals surface area contributed by atoms with E-state index in [4.69, 9.17) is 5.73 Å². The predicted molar refractivity (Wildman–Crippen MR) is 124 cm³/mol. The molecule has 1 aliphatic carbocycles. The molecule has 0 bridgehead atoms. The Morgan fingerprint density at radius 3 is 2.28 bits per heavy atom. The minimum Gasteiger partial charge on any atom is -0.369 e. The fourth-order valence-corrected chi connectivity index (χ4v) is 5.81. The molecule has 0 unspecified atom stereocenters. The molecule has 1 saturated carbocycles. The number of hydrogen-bond acceptors (Lipinski definition) is 4. The van der Waals surface area contributed by atoms with Crippen LogP contribution in [0.4, 0.5) is 4.39 Å². The van der Waals surface area contributed by atoms with Crippen molar-refractivity contribution in [2.24, 2.45) is 5.73 Å². The summed E-state index contributed by atoms with van der Waals surface area (Å²) in [7, 11) is -1.51. The number of amides is 1. The quantitative estimate of drug-likeness (QED) is 0.600. The van der Waals surface area contributed by atoms with Gasteiger partial charge in [0, 0.05) is 19.1 Å². The van der Waals surface area contributed by atoms with Gasteiger partial charge < -0.3 is 11.1 Å². The highest BCUT2D eigenvalue weighted by Crippen LogP contribution is 2.37. The first-order valence-electron chi connectivity index (χ1n) is 10.9. The second kappa shape index (κ2) is 10.6. The van der Waals surface area contributed by atoms with Crippen molar-refractivity contribution in [2.45, 2.75) is 57.2 Å². The molecule has 6 nitrogen and oxygen atoms in total. The van der Waals surface area contributed by atoms with E-state index in [2.05, 4.69) is 11.4 Å². The zero-order valence-electron chi connectivity index (χ0n) is 18.7. The third-order valence-corrected chi connectivity index (χ3v) is 7.45. The van der Waals surface area contributed by atoms with Crippen LogP contribution in [0.15, 0.2) is 42.5 Å². The lowest BCUT2D eigenvalue weighted by molar-refractivity contribution is -0.117. The summed E-state index contributed by atoms with van der Waals surface area (Å²) in [4.78, 5) is 11.3. The molecule has 32 heavy (non-hydrogen) atoms. The summed E-state index contributed by atoms with van der Waals surface area (Å²) in [6, 6.07) is 12.0. The maximum atomic E-state index is 13.2. The van der Waals surface area contributed by atoms with Crippen LogP contribution >= 0.6 is 0 Å². The molecule has 1 amide bonds. The highest BCUT2D eigenvalue weighted by atomic mass is 32.2. The number of primary amides is 1. The number of nitrogens with zero attached hydrogens (tertiary/aromatic N) is 1. The van der Waals surface area contributed by atoms with Crippen LogP contribution in [-0.4, -0.2) is 38.0 Å². The lowest BCUT2D eigenvalue weighted by atomic mass is 9.79. The molecule has 0 spiro atoms. The van der Waals surface area contributed by atoms with Crippen LogP contribution in [0.5, 0.6) is 0 Å². The first-order valence-corrected chi connectivity index (χ1v) is 12.8. The van der Waals surface area contributed by atoms with Crippen LogP contribution in [0.2, 0.25) is 0 Å². The summed E-state index contributed by atoms with van der Waals surface area (Å²) >= 11 is 0. The molecule has 1 aliphatic rings. The van der Waals surface area contributed by atoms with Gasteiger partial charge in [-0.15, -0.1) is 0 Å². The Morgan fingerprint density at radius 2 is 1.72 bits per heavy atom. The van der Waals surface area contributed by atoms with Gasteiger partial charge in [0.15, 0.2) is 0 Å². The van der Waals surface area contributed by atoms with Gasteiger partial charge in [-0.3, -0.25) is 4.79 Å². The Hall–Kier alpha value is -2.29. The maximum absolute atomic E-state index is 13.2. The lowest BCUT2D eigenvalue weighted by Crippen LogP contribution is -2.41. The predicted octanol–water partition coefficient (Wildman–Crippen LogP) is 3.06. The molecule has 0 saturated heterocycles. The number of rotatable bonds is 9. The molecule has 3 N–H and O–H groups in total. The zero-order valence-corrected chi connectivity index (χ0v) is 19.5. The minimum atomic E-state index is -3.40. The van der Waals surface area contributed by atoms with Crippen LogP contribution in [0.3, 0.4) is 0 Å². The van der Waals surface area contributed by atoms with E-state index in [1.54, 1.807) is 16.4 Å². The SMILES string of the molecule is CNCc1cc(CC(N)=O)ccc1C1CCC(N(Cc2ccc(F)cc2)S(C)(=O)=O)CC1. The largest absolute Gasteiger partial charge is 0.369 e. The molecule has 2 aromatic rings. The van der Waals surface area contributed by atoms with Gasteiger partial charge in [-0.05, 0) is 73.0 Å². The number of nitrogens with two attached hydrogens (primary N) is 1. The molecule has 3 rings (SSSR count). The van der Waals surface area contributed by atoms with Crippen molar-refractivity contribution >= 4 is 15.9 Å². The van der Waals surface area contributed by atoms with Gasteiger partial charge in [0.25, 0.3) is 0 Å². The second-order valence-corrected chi connectivity index (χ2v) is 10.6. The minimum absolute atomic E-state index is 0.0758. The average molecular weight is 462 g/mol. The van der Waals surface area contributed by atoms with E-state index in [1.165, 1.54) is 24.0 Å². The lowest BCUT2D eigenvalue weighted by Gasteiger charge is -2.36. The number of hydrogen-bond donors (Lipinski definition) is 2. The molecule has 0 heterocycles. The van der Waals surface area contributed by atoms with E-state index < -0.39 is 10.0 Å². The molecular formula is C24H32FN3O3S. The van der Waals surface area contributed by atoms with Gasteiger partial charge in [0.05, 0.1) is 12.7 Å². The fraction of sp³-hybridized carbons (Fsp3) is 0.458. The smallest absolute Gasteiger partial charge is 0.221 e. The number of carbonyl (C=O) groups is 1. The summed E-state index contributed by atoms with van der Waals surface area (Å²) < 4.78 is 39.8. The Kier molecular flexibility index (Phi) is 8.03.